The first kappa shape index (κ1) is 25.4. The van der Waals surface area contributed by atoms with Gasteiger partial charge in [-0.1, -0.05) is 54.6 Å². The van der Waals surface area contributed by atoms with E-state index in [9.17, 15) is 0 Å². The van der Waals surface area contributed by atoms with Crippen LogP contribution in [0.15, 0.2) is 101 Å². The Morgan fingerprint density at radius 3 is 2.21 bits per heavy atom. The molecule has 0 fully saturated rings. The lowest BCUT2D eigenvalue weighted by molar-refractivity contribution is 0.654. The van der Waals surface area contributed by atoms with Gasteiger partial charge in [-0.05, 0) is 92.4 Å². The van der Waals surface area contributed by atoms with E-state index in [1.807, 2.05) is 6.92 Å². The highest BCUT2D eigenvalue weighted by Gasteiger charge is 2.22. The van der Waals surface area contributed by atoms with Crippen molar-refractivity contribution >= 4 is 44.0 Å². The highest BCUT2D eigenvalue weighted by Crippen LogP contribution is 2.40. The summed E-state index contributed by atoms with van der Waals surface area (Å²) in [5.41, 5.74) is 13.2. The van der Waals surface area contributed by atoms with Gasteiger partial charge in [0.2, 0.25) is 5.71 Å². The summed E-state index contributed by atoms with van der Waals surface area (Å²) >= 11 is 0. The summed E-state index contributed by atoms with van der Waals surface area (Å²) in [4.78, 5) is 15.1. The number of benzene rings is 4. The van der Waals surface area contributed by atoms with E-state index in [-0.39, 0.29) is 0 Å². The summed E-state index contributed by atoms with van der Waals surface area (Å²) < 4.78 is 9.00. The predicted octanol–water partition coefficient (Wildman–Crippen LogP) is 9.49. The van der Waals surface area contributed by atoms with E-state index in [0.717, 1.165) is 72.2 Å². The van der Waals surface area contributed by atoms with Crippen LogP contribution >= 0.6 is 0 Å². The molecule has 5 nitrogen and oxygen atoms in total. The van der Waals surface area contributed by atoms with Crippen LogP contribution in [-0.4, -0.2) is 19.5 Å². The quantitative estimate of drug-likeness (QED) is 0.216. The lowest BCUT2D eigenvalue weighted by atomic mass is 9.99. The van der Waals surface area contributed by atoms with Crippen LogP contribution in [0.2, 0.25) is 0 Å². The summed E-state index contributed by atoms with van der Waals surface area (Å²) in [6.45, 7) is 9.10. The van der Waals surface area contributed by atoms with Gasteiger partial charge in [0.25, 0.3) is 0 Å². The molecule has 8 rings (SSSR count). The predicted molar refractivity (Wildman–Crippen MR) is 175 cm³/mol. The third-order valence-corrected chi connectivity index (χ3v) is 8.57. The molecule has 208 valence electrons. The number of rotatable bonds is 4. The molecule has 0 saturated carbocycles. The second-order valence-electron chi connectivity index (χ2n) is 11.5. The largest absolute Gasteiger partial charge is 0.437 e. The number of fused-ring (bicyclic) bond motifs is 6. The van der Waals surface area contributed by atoms with E-state index in [1.54, 1.807) is 0 Å². The number of imidazole rings is 1. The molecule has 0 aliphatic heterocycles. The van der Waals surface area contributed by atoms with Gasteiger partial charge in [-0.25, -0.2) is 9.97 Å². The van der Waals surface area contributed by atoms with Crippen molar-refractivity contribution in [1.29, 1.82) is 0 Å². The Bertz CT molecular complexity index is 2340. The van der Waals surface area contributed by atoms with Crippen molar-refractivity contribution in [2.75, 3.05) is 0 Å². The maximum Gasteiger partial charge on any atom is 0.227 e. The fourth-order valence-corrected chi connectivity index (χ4v) is 6.52. The van der Waals surface area contributed by atoms with Gasteiger partial charge in [0.05, 0.1) is 27.8 Å². The molecule has 0 spiro atoms. The minimum Gasteiger partial charge on any atom is -0.437 e. The Morgan fingerprint density at radius 1 is 0.628 bits per heavy atom. The topological polar surface area (TPSA) is 56.7 Å². The van der Waals surface area contributed by atoms with Gasteiger partial charge >= 0.3 is 0 Å². The molecule has 4 aromatic heterocycles. The fraction of sp³-hybridized carbons (Fsp3) is 0.132. The summed E-state index contributed by atoms with van der Waals surface area (Å²) in [6, 6.07) is 33.9. The van der Waals surface area contributed by atoms with Crippen LogP contribution in [0.25, 0.3) is 66.7 Å². The van der Waals surface area contributed by atoms with Gasteiger partial charge in [0.15, 0.2) is 0 Å². The zero-order valence-corrected chi connectivity index (χ0v) is 24.6. The Kier molecular flexibility index (Phi) is 5.70. The van der Waals surface area contributed by atoms with Crippen molar-refractivity contribution in [3.8, 4) is 22.6 Å². The molecule has 0 bridgehead atoms. The molecule has 0 N–H and O–H groups in total. The number of nitrogens with zero attached hydrogens (tertiary/aromatic N) is 4. The smallest absolute Gasteiger partial charge is 0.227 e. The molecule has 8 aromatic rings. The van der Waals surface area contributed by atoms with Gasteiger partial charge in [-0.15, -0.1) is 0 Å². The standard InChI is InChI=1S/C38H30N4O/c1-22-9-8-10-23(2)33(22)31-18-17-28-34-24(3)13-15-29(36(34)43-38(28)41-31)37-40-32-20-19-30-27(16-14-25(4)39-30)35(32)42(37)21-26-11-6-5-7-12-26/h5-20H,21H2,1-4H3. The average molecular weight is 559 g/mol. The van der Waals surface area contributed by atoms with Crippen molar-refractivity contribution < 1.29 is 4.42 Å². The van der Waals surface area contributed by atoms with Crippen LogP contribution in [0, 0.1) is 27.7 Å². The Morgan fingerprint density at radius 2 is 1.40 bits per heavy atom. The van der Waals surface area contributed by atoms with E-state index in [0.29, 0.717) is 12.3 Å². The second-order valence-corrected chi connectivity index (χ2v) is 11.5. The zero-order valence-electron chi connectivity index (χ0n) is 24.6. The average Bonchev–Trinajstić information content (AvgIpc) is 3.57. The van der Waals surface area contributed by atoms with Crippen molar-refractivity contribution in [3.63, 3.8) is 0 Å². The van der Waals surface area contributed by atoms with Crippen molar-refractivity contribution in [1.82, 2.24) is 19.5 Å². The molecule has 43 heavy (non-hydrogen) atoms. The highest BCUT2D eigenvalue weighted by atomic mass is 16.3. The molecular weight excluding hydrogens is 528 g/mol. The van der Waals surface area contributed by atoms with Gasteiger partial charge in [-0.2, -0.15) is 0 Å². The lowest BCUT2D eigenvalue weighted by Crippen LogP contribution is -2.03. The van der Waals surface area contributed by atoms with Crippen LogP contribution in [0.3, 0.4) is 0 Å². The second kappa shape index (κ2) is 9.63. The highest BCUT2D eigenvalue weighted by molar-refractivity contribution is 6.11. The normalized spacial score (nSPS) is 11.8. The van der Waals surface area contributed by atoms with E-state index < -0.39 is 0 Å². The third-order valence-electron chi connectivity index (χ3n) is 8.57. The summed E-state index contributed by atoms with van der Waals surface area (Å²) in [6.07, 6.45) is 0. The van der Waals surface area contributed by atoms with Crippen molar-refractivity contribution in [3.05, 3.63) is 125 Å². The summed E-state index contributed by atoms with van der Waals surface area (Å²) in [5, 5.41) is 3.18. The van der Waals surface area contributed by atoms with Crippen LogP contribution in [0.5, 0.6) is 0 Å². The van der Waals surface area contributed by atoms with Crippen LogP contribution in [0.1, 0.15) is 27.9 Å². The van der Waals surface area contributed by atoms with Gasteiger partial charge < -0.3 is 8.98 Å². The SMILES string of the molecule is Cc1ccc2c(ccc3nc(-c4ccc(C)c5c4oc4nc(-c6c(C)cccc6C)ccc45)n(Cc4ccccc4)c32)n1. The number of hydrogen-bond acceptors (Lipinski definition) is 4. The minimum atomic E-state index is 0.640. The monoisotopic (exact) mass is 558 g/mol. The summed E-state index contributed by atoms with van der Waals surface area (Å²) in [7, 11) is 0. The van der Waals surface area contributed by atoms with E-state index in [2.05, 4.69) is 122 Å². The first-order valence-electron chi connectivity index (χ1n) is 14.7. The van der Waals surface area contributed by atoms with Crippen LogP contribution in [-0.2, 0) is 6.54 Å². The maximum atomic E-state index is 6.69. The third kappa shape index (κ3) is 4.03. The minimum absolute atomic E-state index is 0.640. The zero-order chi connectivity index (χ0) is 29.2. The van der Waals surface area contributed by atoms with Crippen LogP contribution in [0.4, 0.5) is 0 Å². The molecule has 0 radical (unpaired) electrons. The van der Waals surface area contributed by atoms with Gasteiger partial charge in [0, 0.05) is 34.0 Å². The Balaban J connectivity index is 1.41. The van der Waals surface area contributed by atoms with E-state index in [1.165, 1.54) is 16.7 Å². The number of aryl methyl sites for hydroxylation is 4. The lowest BCUT2D eigenvalue weighted by Gasteiger charge is -2.12. The van der Waals surface area contributed by atoms with E-state index in [4.69, 9.17) is 19.4 Å². The van der Waals surface area contributed by atoms with Crippen molar-refractivity contribution in [2.24, 2.45) is 0 Å². The molecule has 0 unspecified atom stereocenters. The van der Waals surface area contributed by atoms with E-state index >= 15 is 0 Å². The molecule has 0 aliphatic rings. The summed E-state index contributed by atoms with van der Waals surface area (Å²) in [5.74, 6) is 0.867. The van der Waals surface area contributed by atoms with Crippen LogP contribution < -0.4 is 0 Å². The number of hydrogen-bond donors (Lipinski definition) is 0. The maximum absolute atomic E-state index is 6.69. The molecule has 5 heteroatoms. The number of furan rings is 1. The molecule has 4 heterocycles. The molecule has 0 saturated heterocycles. The molecular formula is C38H30N4O. The van der Waals surface area contributed by atoms with Gasteiger partial charge in [0.1, 0.15) is 11.4 Å². The number of pyridine rings is 2. The first-order chi connectivity index (χ1) is 21.0. The fourth-order valence-electron chi connectivity index (χ4n) is 6.52. The molecule has 0 aliphatic carbocycles. The first-order valence-corrected chi connectivity index (χ1v) is 14.7. The van der Waals surface area contributed by atoms with Crippen molar-refractivity contribution in [2.45, 2.75) is 34.2 Å². The molecule has 0 amide bonds. The number of aromatic nitrogens is 4. The molecule has 4 aromatic carbocycles. The Labute approximate surface area is 249 Å². The Hall–Kier alpha value is -5.29. The van der Waals surface area contributed by atoms with Gasteiger partial charge in [-0.3, -0.25) is 4.98 Å². The molecule has 0 atom stereocenters.